The molecule has 23 heavy (non-hydrogen) atoms. The fraction of sp³-hybridized carbons (Fsp3) is 0.118. The zero-order chi connectivity index (χ0) is 16.2. The zero-order valence-corrected chi connectivity index (χ0v) is 13.1. The summed E-state index contributed by atoms with van der Waals surface area (Å²) in [5, 5.41) is 8.17. The Morgan fingerprint density at radius 2 is 1.65 bits per heavy atom. The van der Waals surface area contributed by atoms with Crippen LogP contribution in [-0.2, 0) is 6.61 Å². The van der Waals surface area contributed by atoms with Crippen molar-refractivity contribution >= 4 is 17.4 Å². The lowest BCUT2D eigenvalue weighted by atomic mass is 10.0. The zero-order valence-electron chi connectivity index (χ0n) is 12.3. The molecule has 1 aromatic heterocycles. The first kappa shape index (κ1) is 15.2. The molecule has 0 saturated heterocycles. The van der Waals surface area contributed by atoms with Crippen molar-refractivity contribution in [2.24, 2.45) is 0 Å². The van der Waals surface area contributed by atoms with Crippen molar-refractivity contribution in [2.75, 3.05) is 0 Å². The highest BCUT2D eigenvalue weighted by Crippen LogP contribution is 2.18. The van der Waals surface area contributed by atoms with Crippen molar-refractivity contribution in [1.29, 1.82) is 0 Å². The van der Waals surface area contributed by atoms with Crippen molar-refractivity contribution in [3.8, 4) is 5.75 Å². The molecule has 0 atom stereocenters. The molecule has 3 rings (SSSR count). The fourth-order valence-corrected chi connectivity index (χ4v) is 2.14. The van der Waals surface area contributed by atoms with E-state index in [1.54, 1.807) is 55.5 Å². The van der Waals surface area contributed by atoms with Crippen molar-refractivity contribution < 1.29 is 13.9 Å². The van der Waals surface area contributed by atoms with Crippen LogP contribution >= 0.6 is 11.6 Å². The Morgan fingerprint density at radius 1 is 1.04 bits per heavy atom. The quantitative estimate of drug-likeness (QED) is 0.666. The molecule has 0 N–H and O–H groups in total. The van der Waals surface area contributed by atoms with Gasteiger partial charge in [0.2, 0.25) is 5.89 Å². The van der Waals surface area contributed by atoms with E-state index in [-0.39, 0.29) is 12.4 Å². The van der Waals surface area contributed by atoms with Gasteiger partial charge in [-0.05, 0) is 48.5 Å². The van der Waals surface area contributed by atoms with E-state index in [1.165, 1.54) is 0 Å². The smallest absolute Gasteiger partial charge is 0.253 e. The minimum Gasteiger partial charge on any atom is -0.484 e. The first-order valence-corrected chi connectivity index (χ1v) is 7.32. The van der Waals surface area contributed by atoms with Crippen molar-refractivity contribution in [2.45, 2.75) is 13.5 Å². The Hall–Kier alpha value is -2.66. The third-order valence-electron chi connectivity index (χ3n) is 3.15. The number of ketones is 1. The van der Waals surface area contributed by atoms with Gasteiger partial charge in [-0.3, -0.25) is 4.79 Å². The molecule has 0 amide bonds. The second-order valence-corrected chi connectivity index (χ2v) is 5.30. The van der Waals surface area contributed by atoms with E-state index in [9.17, 15) is 4.79 Å². The lowest BCUT2D eigenvalue weighted by molar-refractivity contribution is 0.103. The first-order chi connectivity index (χ1) is 11.1. The molecule has 2 aromatic carbocycles. The second kappa shape index (κ2) is 6.62. The number of ether oxygens (including phenoxy) is 1. The van der Waals surface area contributed by atoms with Crippen LogP contribution in [0.2, 0.25) is 5.02 Å². The van der Waals surface area contributed by atoms with E-state index in [2.05, 4.69) is 10.2 Å². The van der Waals surface area contributed by atoms with Crippen LogP contribution in [0, 0.1) is 6.92 Å². The number of benzene rings is 2. The molecule has 0 saturated carbocycles. The second-order valence-electron chi connectivity index (χ2n) is 4.86. The van der Waals surface area contributed by atoms with Crippen LogP contribution in [0.3, 0.4) is 0 Å². The maximum atomic E-state index is 12.3. The molecule has 0 radical (unpaired) electrons. The number of aromatic nitrogens is 2. The van der Waals surface area contributed by atoms with Gasteiger partial charge >= 0.3 is 0 Å². The standard InChI is InChI=1S/C17H13ClN2O3/c1-11-19-20-16(23-11)10-22-15-8-4-13(5-9-15)17(21)12-2-6-14(18)7-3-12/h2-9H,10H2,1H3. The topological polar surface area (TPSA) is 65.2 Å². The molecule has 0 aliphatic rings. The predicted molar refractivity (Wildman–Crippen MR) is 84.7 cm³/mol. The molecule has 0 spiro atoms. The van der Waals surface area contributed by atoms with Gasteiger partial charge in [0, 0.05) is 23.1 Å². The van der Waals surface area contributed by atoms with Crippen LogP contribution in [0.1, 0.15) is 27.7 Å². The predicted octanol–water partition coefficient (Wildman–Crippen LogP) is 3.84. The van der Waals surface area contributed by atoms with E-state index in [1.807, 2.05) is 0 Å². The SMILES string of the molecule is Cc1nnc(COc2ccc(C(=O)c3ccc(Cl)cc3)cc2)o1. The van der Waals surface area contributed by atoms with E-state index < -0.39 is 0 Å². The monoisotopic (exact) mass is 328 g/mol. The fourth-order valence-electron chi connectivity index (χ4n) is 2.01. The van der Waals surface area contributed by atoms with Gasteiger partial charge in [-0.15, -0.1) is 10.2 Å². The summed E-state index contributed by atoms with van der Waals surface area (Å²) >= 11 is 5.82. The lowest BCUT2D eigenvalue weighted by Gasteiger charge is -2.05. The maximum Gasteiger partial charge on any atom is 0.253 e. The normalized spacial score (nSPS) is 10.5. The number of hydrogen-bond acceptors (Lipinski definition) is 5. The summed E-state index contributed by atoms with van der Waals surface area (Å²) in [6.45, 7) is 1.90. The lowest BCUT2D eigenvalue weighted by Crippen LogP contribution is -2.01. The van der Waals surface area contributed by atoms with Gasteiger partial charge in [-0.1, -0.05) is 11.6 Å². The highest BCUT2D eigenvalue weighted by atomic mass is 35.5. The van der Waals surface area contributed by atoms with Gasteiger partial charge in [-0.25, -0.2) is 0 Å². The number of nitrogens with zero attached hydrogens (tertiary/aromatic N) is 2. The van der Waals surface area contributed by atoms with Crippen LogP contribution in [-0.4, -0.2) is 16.0 Å². The van der Waals surface area contributed by atoms with Gasteiger partial charge in [0.25, 0.3) is 5.89 Å². The average Bonchev–Trinajstić information content (AvgIpc) is 2.99. The number of rotatable bonds is 5. The summed E-state index contributed by atoms with van der Waals surface area (Å²) in [6.07, 6.45) is 0. The number of halogens is 1. The van der Waals surface area contributed by atoms with E-state index in [4.69, 9.17) is 20.8 Å². The van der Waals surface area contributed by atoms with Crippen LogP contribution < -0.4 is 4.74 Å². The molecule has 1 heterocycles. The molecule has 0 fully saturated rings. The van der Waals surface area contributed by atoms with Crippen molar-refractivity contribution in [3.05, 3.63) is 76.5 Å². The summed E-state index contributed by atoms with van der Waals surface area (Å²) in [6, 6.07) is 13.7. The summed E-state index contributed by atoms with van der Waals surface area (Å²) in [5.41, 5.74) is 1.16. The summed E-state index contributed by atoms with van der Waals surface area (Å²) < 4.78 is 10.8. The first-order valence-electron chi connectivity index (χ1n) is 6.94. The van der Waals surface area contributed by atoms with Crippen molar-refractivity contribution in [3.63, 3.8) is 0 Å². The van der Waals surface area contributed by atoms with Crippen LogP contribution in [0.25, 0.3) is 0 Å². The largest absolute Gasteiger partial charge is 0.484 e. The minimum atomic E-state index is -0.0688. The molecule has 3 aromatic rings. The Labute approximate surface area is 137 Å². The molecule has 6 heteroatoms. The number of carbonyl (C=O) groups excluding carboxylic acids is 1. The van der Waals surface area contributed by atoms with Crippen LogP contribution in [0.5, 0.6) is 5.75 Å². The van der Waals surface area contributed by atoms with Crippen molar-refractivity contribution in [1.82, 2.24) is 10.2 Å². The van der Waals surface area contributed by atoms with Crippen LogP contribution in [0.4, 0.5) is 0 Å². The minimum absolute atomic E-state index is 0.0688. The average molecular weight is 329 g/mol. The highest BCUT2D eigenvalue weighted by Gasteiger charge is 2.09. The van der Waals surface area contributed by atoms with Gasteiger partial charge < -0.3 is 9.15 Å². The Bertz CT molecular complexity index is 811. The summed E-state index contributed by atoms with van der Waals surface area (Å²) in [4.78, 5) is 12.3. The molecule has 5 nitrogen and oxygen atoms in total. The Morgan fingerprint density at radius 3 is 2.22 bits per heavy atom. The highest BCUT2D eigenvalue weighted by molar-refractivity contribution is 6.30. The van der Waals surface area contributed by atoms with Gasteiger partial charge in [0.1, 0.15) is 5.75 Å². The maximum absolute atomic E-state index is 12.3. The van der Waals surface area contributed by atoms with E-state index >= 15 is 0 Å². The van der Waals surface area contributed by atoms with Gasteiger partial charge in [-0.2, -0.15) is 0 Å². The molecule has 0 bridgehead atoms. The summed E-state index contributed by atoms with van der Waals surface area (Å²) in [5.74, 6) is 1.45. The van der Waals surface area contributed by atoms with E-state index in [0.717, 1.165) is 0 Å². The summed E-state index contributed by atoms with van der Waals surface area (Å²) in [7, 11) is 0. The molecule has 116 valence electrons. The molecular formula is C17H13ClN2O3. The Kier molecular flexibility index (Phi) is 4.39. The number of aryl methyl sites for hydroxylation is 1. The van der Waals surface area contributed by atoms with Crippen LogP contribution in [0.15, 0.2) is 52.9 Å². The molecular weight excluding hydrogens is 316 g/mol. The number of carbonyl (C=O) groups is 1. The third kappa shape index (κ3) is 3.76. The van der Waals surface area contributed by atoms with Gasteiger partial charge in [0.05, 0.1) is 0 Å². The third-order valence-corrected chi connectivity index (χ3v) is 3.41. The molecule has 0 aliphatic carbocycles. The van der Waals surface area contributed by atoms with E-state index in [0.29, 0.717) is 33.7 Å². The number of hydrogen-bond donors (Lipinski definition) is 0. The molecule has 0 unspecified atom stereocenters. The van der Waals surface area contributed by atoms with Gasteiger partial charge in [0.15, 0.2) is 12.4 Å². The molecule has 0 aliphatic heterocycles. The Balaban J connectivity index is 1.66.